The molecular weight excluding hydrogens is 789 g/mol. The third kappa shape index (κ3) is 30.2. The van der Waals surface area contributed by atoms with Crippen LogP contribution < -0.4 is 9.47 Å². The van der Waals surface area contributed by atoms with Crippen molar-refractivity contribution < 1.29 is 38.0 Å². The van der Waals surface area contributed by atoms with E-state index in [1.165, 1.54) is 89.9 Å². The van der Waals surface area contributed by atoms with E-state index in [1.54, 1.807) is 14.2 Å². The predicted molar refractivity (Wildman–Crippen MR) is 259 cm³/mol. The van der Waals surface area contributed by atoms with Gasteiger partial charge in [-0.1, -0.05) is 165 Å². The summed E-state index contributed by atoms with van der Waals surface area (Å²) in [6.07, 6.45) is 40.3. The first-order valence-corrected chi connectivity index (χ1v) is 25.1. The van der Waals surface area contributed by atoms with Crippen LogP contribution >= 0.6 is 0 Å². The fraction of sp³-hybridized carbons (Fsp3) is 0.673. The Hall–Kier alpha value is -3.62. The van der Waals surface area contributed by atoms with E-state index in [1.807, 2.05) is 48.5 Å². The van der Waals surface area contributed by atoms with E-state index >= 15 is 0 Å². The molecule has 0 fully saturated rings. The molecule has 2 aromatic rings. The maximum atomic E-state index is 13.5. The SMILES string of the molecule is CCCCCCCC/C=C\CCCCCCCC(=O)OC(COCc1ccc(OC)cc1)(COCc1ccc(OC)cc1)OC(=O)CCCCCCC/C=C\CCCCCCCC. The van der Waals surface area contributed by atoms with Gasteiger partial charge in [0, 0.05) is 12.8 Å². The first-order chi connectivity index (χ1) is 30.9. The van der Waals surface area contributed by atoms with Crippen molar-refractivity contribution in [3.05, 3.63) is 84.0 Å². The molecule has 8 heteroatoms. The van der Waals surface area contributed by atoms with Crippen molar-refractivity contribution in [2.75, 3.05) is 27.4 Å². The number of esters is 2. The summed E-state index contributed by atoms with van der Waals surface area (Å²) in [5.41, 5.74) is 1.81. The molecule has 0 aliphatic heterocycles. The molecule has 0 atom stereocenters. The van der Waals surface area contributed by atoms with Crippen LogP contribution in [0.3, 0.4) is 0 Å². The lowest BCUT2D eigenvalue weighted by atomic mass is 10.1. The van der Waals surface area contributed by atoms with E-state index in [0.29, 0.717) is 12.8 Å². The first-order valence-electron chi connectivity index (χ1n) is 25.1. The minimum atomic E-state index is -1.74. The fourth-order valence-electron chi connectivity index (χ4n) is 7.47. The highest BCUT2D eigenvalue weighted by molar-refractivity contribution is 5.72. The third-order valence-electron chi connectivity index (χ3n) is 11.4. The smallest absolute Gasteiger partial charge is 0.309 e. The van der Waals surface area contributed by atoms with Gasteiger partial charge in [0.25, 0.3) is 0 Å². The van der Waals surface area contributed by atoms with Crippen LogP contribution in [0.1, 0.15) is 205 Å². The average molecular weight is 877 g/mol. The monoisotopic (exact) mass is 877 g/mol. The van der Waals surface area contributed by atoms with E-state index in [2.05, 4.69) is 38.2 Å². The van der Waals surface area contributed by atoms with E-state index in [9.17, 15) is 9.59 Å². The lowest BCUT2D eigenvalue weighted by Crippen LogP contribution is -2.48. The Morgan fingerprint density at radius 3 is 1.05 bits per heavy atom. The van der Waals surface area contributed by atoms with Crippen molar-refractivity contribution in [1.29, 1.82) is 0 Å². The van der Waals surface area contributed by atoms with Crippen molar-refractivity contribution in [2.45, 2.75) is 213 Å². The topological polar surface area (TPSA) is 89.5 Å². The molecule has 0 aliphatic rings. The molecule has 2 aromatic carbocycles. The molecule has 0 saturated heterocycles. The molecule has 0 bridgehead atoms. The molecule has 0 spiro atoms. The maximum absolute atomic E-state index is 13.5. The summed E-state index contributed by atoms with van der Waals surface area (Å²) in [6.45, 7) is 4.63. The second-order valence-corrected chi connectivity index (χ2v) is 17.2. The highest BCUT2D eigenvalue weighted by Gasteiger charge is 2.40. The molecule has 0 aliphatic carbocycles. The highest BCUT2D eigenvalue weighted by atomic mass is 16.8. The lowest BCUT2D eigenvalue weighted by molar-refractivity contribution is -0.264. The van der Waals surface area contributed by atoms with Crippen LogP contribution in [0.15, 0.2) is 72.8 Å². The third-order valence-corrected chi connectivity index (χ3v) is 11.4. The summed E-state index contributed by atoms with van der Waals surface area (Å²) in [6, 6.07) is 15.1. The summed E-state index contributed by atoms with van der Waals surface area (Å²) in [5.74, 6) is -1.11. The number of methoxy groups -OCH3 is 2. The molecule has 8 nitrogen and oxygen atoms in total. The fourth-order valence-corrected chi connectivity index (χ4v) is 7.47. The summed E-state index contributed by atoms with van der Waals surface area (Å²) < 4.78 is 35.2. The first kappa shape index (κ1) is 55.5. The van der Waals surface area contributed by atoms with Gasteiger partial charge >= 0.3 is 17.7 Å². The van der Waals surface area contributed by atoms with Gasteiger partial charge in [0.1, 0.15) is 24.7 Å². The second kappa shape index (κ2) is 38.8. The lowest BCUT2D eigenvalue weighted by Gasteiger charge is -2.32. The molecule has 0 aromatic heterocycles. The molecular formula is C55H88O8. The minimum absolute atomic E-state index is 0.169. The molecule has 356 valence electrons. The van der Waals surface area contributed by atoms with Crippen LogP contribution in [0.4, 0.5) is 0 Å². The number of unbranched alkanes of at least 4 members (excludes halogenated alkanes) is 22. The zero-order valence-corrected chi connectivity index (χ0v) is 40.3. The molecule has 63 heavy (non-hydrogen) atoms. The van der Waals surface area contributed by atoms with Crippen LogP contribution in [0.25, 0.3) is 0 Å². The average Bonchev–Trinajstić information content (AvgIpc) is 3.29. The summed E-state index contributed by atoms with van der Waals surface area (Å²) in [4.78, 5) is 27.0. The van der Waals surface area contributed by atoms with Gasteiger partial charge in [-0.15, -0.1) is 0 Å². The number of carbonyl (C=O) groups excluding carboxylic acids is 2. The quantitative estimate of drug-likeness (QED) is 0.0282. The molecule has 0 radical (unpaired) electrons. The number of ether oxygens (including phenoxy) is 6. The Balaban J connectivity index is 1.93. The second-order valence-electron chi connectivity index (χ2n) is 17.2. The zero-order valence-electron chi connectivity index (χ0n) is 40.3. The standard InChI is InChI=1S/C55H88O8/c1-5-7-9-11-13-15-17-19-21-23-25-27-29-31-33-35-53(56)62-55(47-60-45-49-37-41-51(58-3)42-38-49,48-61-46-50-39-43-52(59-4)44-40-50)63-54(57)36-34-32-30-28-26-24-22-20-18-16-14-12-10-8-6-2/h19-22,37-44H,5-18,23-36,45-48H2,1-4H3/b21-19-,22-20-. The Labute approximate surface area is 384 Å². The number of benzene rings is 2. The van der Waals surface area contributed by atoms with Gasteiger partial charge < -0.3 is 28.4 Å². The van der Waals surface area contributed by atoms with Gasteiger partial charge in [-0.25, -0.2) is 0 Å². The Kier molecular flexibility index (Phi) is 34.2. The van der Waals surface area contributed by atoms with Crippen LogP contribution in [-0.2, 0) is 41.8 Å². The summed E-state index contributed by atoms with van der Waals surface area (Å²) >= 11 is 0. The summed E-state index contributed by atoms with van der Waals surface area (Å²) in [5, 5.41) is 0. The van der Waals surface area contributed by atoms with Crippen molar-refractivity contribution in [1.82, 2.24) is 0 Å². The van der Waals surface area contributed by atoms with Crippen LogP contribution in [0.2, 0.25) is 0 Å². The number of carbonyl (C=O) groups is 2. The molecule has 0 N–H and O–H groups in total. The number of allylic oxidation sites excluding steroid dienone is 4. The number of rotatable bonds is 42. The van der Waals surface area contributed by atoms with Gasteiger partial charge in [-0.05, 0) is 99.6 Å². The van der Waals surface area contributed by atoms with Gasteiger partial charge in [0.2, 0.25) is 0 Å². The van der Waals surface area contributed by atoms with E-state index in [4.69, 9.17) is 28.4 Å². The van der Waals surface area contributed by atoms with E-state index in [0.717, 1.165) is 86.8 Å². The number of hydrogen-bond acceptors (Lipinski definition) is 8. The predicted octanol–water partition coefficient (Wildman–Crippen LogP) is 15.3. The van der Waals surface area contributed by atoms with Crippen LogP contribution in [0, 0.1) is 0 Å². The van der Waals surface area contributed by atoms with Gasteiger partial charge in [0.15, 0.2) is 0 Å². The van der Waals surface area contributed by atoms with Gasteiger partial charge in [-0.3, -0.25) is 9.59 Å². The van der Waals surface area contributed by atoms with Crippen molar-refractivity contribution in [3.8, 4) is 11.5 Å². The van der Waals surface area contributed by atoms with Gasteiger partial charge in [0.05, 0.1) is 27.4 Å². The van der Waals surface area contributed by atoms with Crippen LogP contribution in [-0.4, -0.2) is 45.2 Å². The van der Waals surface area contributed by atoms with E-state index in [-0.39, 0.29) is 39.3 Å². The summed E-state index contributed by atoms with van der Waals surface area (Å²) in [7, 11) is 3.25. The highest BCUT2D eigenvalue weighted by Crippen LogP contribution is 2.23. The molecule has 2 rings (SSSR count). The Bertz CT molecular complexity index is 1320. The number of hydrogen-bond donors (Lipinski definition) is 0. The van der Waals surface area contributed by atoms with E-state index < -0.39 is 17.7 Å². The van der Waals surface area contributed by atoms with Crippen LogP contribution in [0.5, 0.6) is 11.5 Å². The minimum Gasteiger partial charge on any atom is -0.497 e. The molecule has 0 saturated carbocycles. The normalized spacial score (nSPS) is 11.7. The molecule has 0 unspecified atom stereocenters. The Morgan fingerprint density at radius 1 is 0.429 bits per heavy atom. The Morgan fingerprint density at radius 2 is 0.730 bits per heavy atom. The molecule has 0 amide bonds. The van der Waals surface area contributed by atoms with Crippen molar-refractivity contribution in [3.63, 3.8) is 0 Å². The van der Waals surface area contributed by atoms with Crippen molar-refractivity contribution >= 4 is 11.9 Å². The largest absolute Gasteiger partial charge is 0.497 e. The zero-order chi connectivity index (χ0) is 45.3. The van der Waals surface area contributed by atoms with Crippen molar-refractivity contribution in [2.24, 2.45) is 0 Å². The van der Waals surface area contributed by atoms with Gasteiger partial charge in [-0.2, -0.15) is 0 Å². The maximum Gasteiger partial charge on any atom is 0.309 e. The molecule has 0 heterocycles.